The molecule has 1 atom stereocenters. The van der Waals surface area contributed by atoms with Crippen molar-refractivity contribution >= 4 is 22.9 Å². The van der Waals surface area contributed by atoms with Crippen molar-refractivity contribution in [1.82, 2.24) is 15.3 Å². The fourth-order valence-electron chi connectivity index (χ4n) is 2.55. The van der Waals surface area contributed by atoms with E-state index in [9.17, 15) is 0 Å². The van der Waals surface area contributed by atoms with Crippen LogP contribution in [0.1, 0.15) is 42.8 Å². The van der Waals surface area contributed by atoms with E-state index in [0.717, 1.165) is 30.1 Å². The number of rotatable bonds is 4. The molecule has 0 aliphatic heterocycles. The Morgan fingerprint density at radius 2 is 2.35 bits per heavy atom. The van der Waals surface area contributed by atoms with Crippen LogP contribution in [0.4, 0.5) is 0 Å². The van der Waals surface area contributed by atoms with Gasteiger partial charge < -0.3 is 5.32 Å². The molecule has 0 saturated carbocycles. The van der Waals surface area contributed by atoms with Gasteiger partial charge in [0.15, 0.2) is 0 Å². The molecule has 2 aromatic rings. The molecule has 106 valence electrons. The summed E-state index contributed by atoms with van der Waals surface area (Å²) in [5.41, 5.74) is 2.16. The summed E-state index contributed by atoms with van der Waals surface area (Å²) in [5.74, 6) is 0. The third-order valence-corrected chi connectivity index (χ3v) is 4.92. The molecule has 20 heavy (non-hydrogen) atoms. The van der Waals surface area contributed by atoms with Gasteiger partial charge in [-0.15, -0.1) is 11.3 Å². The quantitative estimate of drug-likeness (QED) is 0.918. The van der Waals surface area contributed by atoms with Crippen LogP contribution in [-0.4, -0.2) is 16.5 Å². The highest BCUT2D eigenvalue weighted by Gasteiger charge is 2.24. The lowest BCUT2D eigenvalue weighted by molar-refractivity contribution is 0.454. The molecule has 2 aromatic heterocycles. The molecule has 1 unspecified atom stereocenters. The van der Waals surface area contributed by atoms with Gasteiger partial charge in [-0.3, -0.25) is 4.98 Å². The fraction of sp³-hybridized carbons (Fsp3) is 0.467. The molecule has 2 heterocycles. The minimum atomic E-state index is 0.413. The van der Waals surface area contributed by atoms with Gasteiger partial charge in [0.25, 0.3) is 0 Å². The number of aryl methyl sites for hydroxylation is 1. The maximum absolute atomic E-state index is 5.89. The Hall–Kier alpha value is -0.970. The van der Waals surface area contributed by atoms with Crippen molar-refractivity contribution in [2.75, 3.05) is 6.54 Å². The van der Waals surface area contributed by atoms with Crippen LogP contribution < -0.4 is 5.32 Å². The van der Waals surface area contributed by atoms with Gasteiger partial charge in [0.05, 0.1) is 22.5 Å². The highest BCUT2D eigenvalue weighted by atomic mass is 35.5. The molecule has 5 heteroatoms. The highest BCUT2D eigenvalue weighted by Crippen LogP contribution is 2.36. The van der Waals surface area contributed by atoms with Crippen LogP contribution in [0.3, 0.4) is 0 Å². The predicted molar refractivity (Wildman–Crippen MR) is 84.3 cm³/mol. The third kappa shape index (κ3) is 2.87. The zero-order valence-electron chi connectivity index (χ0n) is 11.5. The van der Waals surface area contributed by atoms with Crippen molar-refractivity contribution in [2.24, 2.45) is 0 Å². The van der Waals surface area contributed by atoms with Gasteiger partial charge in [0.2, 0.25) is 0 Å². The van der Waals surface area contributed by atoms with Gasteiger partial charge in [0.1, 0.15) is 5.01 Å². The van der Waals surface area contributed by atoms with E-state index in [1.165, 1.54) is 23.4 Å². The summed E-state index contributed by atoms with van der Waals surface area (Å²) in [6.07, 6.45) is 6.41. The highest BCUT2D eigenvalue weighted by molar-refractivity contribution is 7.15. The Labute approximate surface area is 128 Å². The predicted octanol–water partition coefficient (Wildman–Crippen LogP) is 4.24. The third-order valence-electron chi connectivity index (χ3n) is 3.54. The van der Waals surface area contributed by atoms with E-state index in [-0.39, 0.29) is 0 Å². The molecule has 0 aromatic carbocycles. The summed E-state index contributed by atoms with van der Waals surface area (Å²) in [6.45, 7) is 3.25. The molecule has 0 saturated heterocycles. The van der Waals surface area contributed by atoms with Crippen molar-refractivity contribution < 1.29 is 0 Å². The fourth-order valence-corrected chi connectivity index (χ4v) is 3.80. The average molecular weight is 308 g/mol. The SMILES string of the molecule is CCCNC1CCCc2sc(-c3ccc(Cl)cn3)nc21. The summed E-state index contributed by atoms with van der Waals surface area (Å²) in [6, 6.07) is 4.23. The zero-order chi connectivity index (χ0) is 13.9. The number of nitrogens with zero attached hydrogens (tertiary/aromatic N) is 2. The first-order valence-electron chi connectivity index (χ1n) is 7.13. The first kappa shape index (κ1) is 14.0. The largest absolute Gasteiger partial charge is 0.309 e. The molecular formula is C15H18ClN3S. The van der Waals surface area contributed by atoms with Gasteiger partial charge in [-0.25, -0.2) is 4.98 Å². The van der Waals surface area contributed by atoms with Crippen LogP contribution in [0.5, 0.6) is 0 Å². The van der Waals surface area contributed by atoms with Gasteiger partial charge in [-0.1, -0.05) is 18.5 Å². The van der Waals surface area contributed by atoms with Crippen molar-refractivity contribution in [3.63, 3.8) is 0 Å². The number of hydrogen-bond donors (Lipinski definition) is 1. The summed E-state index contributed by atoms with van der Waals surface area (Å²) >= 11 is 7.67. The standard InChI is InChI=1S/C15H18ClN3S/c1-2-8-17-11-4-3-5-13-14(11)19-15(20-13)12-7-6-10(16)9-18-12/h6-7,9,11,17H,2-5,8H2,1H3. The smallest absolute Gasteiger partial charge is 0.142 e. The molecule has 1 aliphatic carbocycles. The molecule has 3 nitrogen and oxygen atoms in total. The van der Waals surface area contributed by atoms with Crippen molar-refractivity contribution in [1.29, 1.82) is 0 Å². The maximum Gasteiger partial charge on any atom is 0.142 e. The van der Waals surface area contributed by atoms with Gasteiger partial charge in [-0.05, 0) is 44.4 Å². The van der Waals surface area contributed by atoms with E-state index in [1.54, 1.807) is 17.5 Å². The minimum Gasteiger partial charge on any atom is -0.309 e. The first-order valence-corrected chi connectivity index (χ1v) is 8.32. The second-order valence-electron chi connectivity index (χ2n) is 5.09. The van der Waals surface area contributed by atoms with E-state index in [0.29, 0.717) is 11.1 Å². The minimum absolute atomic E-state index is 0.413. The van der Waals surface area contributed by atoms with Crippen molar-refractivity contribution in [3.05, 3.63) is 33.9 Å². The van der Waals surface area contributed by atoms with Crippen LogP contribution in [0.15, 0.2) is 18.3 Å². The van der Waals surface area contributed by atoms with E-state index in [4.69, 9.17) is 16.6 Å². The summed E-state index contributed by atoms with van der Waals surface area (Å²) in [7, 11) is 0. The molecule has 3 rings (SSSR count). The number of halogens is 1. The van der Waals surface area contributed by atoms with Gasteiger partial charge in [0, 0.05) is 11.1 Å². The second-order valence-corrected chi connectivity index (χ2v) is 6.61. The van der Waals surface area contributed by atoms with Gasteiger partial charge >= 0.3 is 0 Å². The second kappa shape index (κ2) is 6.20. The van der Waals surface area contributed by atoms with E-state index in [2.05, 4.69) is 17.2 Å². The molecule has 0 amide bonds. The van der Waals surface area contributed by atoms with Crippen molar-refractivity contribution in [2.45, 2.75) is 38.6 Å². The van der Waals surface area contributed by atoms with Crippen molar-refractivity contribution in [3.8, 4) is 10.7 Å². The molecule has 1 aliphatic rings. The topological polar surface area (TPSA) is 37.8 Å². The Bertz CT molecular complexity index is 579. The van der Waals surface area contributed by atoms with Crippen LogP contribution in [0, 0.1) is 0 Å². The molecule has 1 N–H and O–H groups in total. The Balaban J connectivity index is 1.88. The Morgan fingerprint density at radius 1 is 1.45 bits per heavy atom. The lowest BCUT2D eigenvalue weighted by atomic mass is 9.97. The molecule has 0 bridgehead atoms. The number of thiazole rings is 1. The average Bonchev–Trinajstić information content (AvgIpc) is 2.90. The summed E-state index contributed by atoms with van der Waals surface area (Å²) in [5, 5.41) is 5.28. The van der Waals surface area contributed by atoms with Crippen LogP contribution in [0.2, 0.25) is 5.02 Å². The molecule has 0 spiro atoms. The Morgan fingerprint density at radius 3 is 3.10 bits per heavy atom. The summed E-state index contributed by atoms with van der Waals surface area (Å²) in [4.78, 5) is 10.6. The first-order chi connectivity index (χ1) is 9.78. The Kier molecular flexibility index (Phi) is 4.34. The monoisotopic (exact) mass is 307 g/mol. The lowest BCUT2D eigenvalue weighted by Crippen LogP contribution is -2.25. The van der Waals surface area contributed by atoms with E-state index in [1.807, 2.05) is 12.1 Å². The molecule has 0 fully saturated rings. The van der Waals surface area contributed by atoms with Crippen LogP contribution in [-0.2, 0) is 6.42 Å². The lowest BCUT2D eigenvalue weighted by Gasteiger charge is -2.22. The van der Waals surface area contributed by atoms with Crippen LogP contribution >= 0.6 is 22.9 Å². The van der Waals surface area contributed by atoms with Crippen LogP contribution in [0.25, 0.3) is 10.7 Å². The number of hydrogen-bond acceptors (Lipinski definition) is 4. The number of aromatic nitrogens is 2. The molecular weight excluding hydrogens is 290 g/mol. The van der Waals surface area contributed by atoms with Gasteiger partial charge in [-0.2, -0.15) is 0 Å². The molecule has 0 radical (unpaired) electrons. The normalized spacial score (nSPS) is 18.0. The number of nitrogens with one attached hydrogen (secondary N) is 1. The number of pyridine rings is 1. The summed E-state index contributed by atoms with van der Waals surface area (Å²) < 4.78 is 0. The van der Waals surface area contributed by atoms with E-state index < -0.39 is 0 Å². The van der Waals surface area contributed by atoms with E-state index >= 15 is 0 Å². The maximum atomic E-state index is 5.89. The zero-order valence-corrected chi connectivity index (χ0v) is 13.1. The number of fused-ring (bicyclic) bond motifs is 1.